The molecule has 0 spiro atoms. The standard InChI is InChI=1S/C14H22N2O2/c1-4-16(5-2)14(17)10-18-13-8-6-12(7-9-13)11(3)15/h6-9,11H,4-5,10,15H2,1-3H3/t11-/m0/s1. The minimum atomic E-state index is 0.0104. The summed E-state index contributed by atoms with van der Waals surface area (Å²) >= 11 is 0. The zero-order chi connectivity index (χ0) is 13.5. The van der Waals surface area contributed by atoms with Crippen LogP contribution in [0.15, 0.2) is 24.3 Å². The molecule has 2 N–H and O–H groups in total. The van der Waals surface area contributed by atoms with Crippen molar-refractivity contribution in [3.8, 4) is 5.75 Å². The third-order valence-corrected chi connectivity index (χ3v) is 2.88. The van der Waals surface area contributed by atoms with Crippen molar-refractivity contribution >= 4 is 5.91 Å². The Bertz CT molecular complexity index is 370. The fraction of sp³-hybridized carbons (Fsp3) is 0.500. The highest BCUT2D eigenvalue weighted by molar-refractivity contribution is 5.77. The van der Waals surface area contributed by atoms with Crippen molar-refractivity contribution in [2.45, 2.75) is 26.8 Å². The number of hydrogen-bond acceptors (Lipinski definition) is 3. The second-order valence-corrected chi connectivity index (χ2v) is 4.21. The number of hydrogen-bond donors (Lipinski definition) is 1. The second kappa shape index (κ2) is 7.01. The van der Waals surface area contributed by atoms with Gasteiger partial charge in [0.05, 0.1) is 0 Å². The molecule has 0 saturated carbocycles. The van der Waals surface area contributed by atoms with Crippen LogP contribution in [-0.4, -0.2) is 30.5 Å². The van der Waals surface area contributed by atoms with Crippen LogP contribution in [0.2, 0.25) is 0 Å². The predicted molar refractivity (Wildman–Crippen MR) is 72.5 cm³/mol. The maximum atomic E-state index is 11.7. The van der Waals surface area contributed by atoms with Crippen LogP contribution < -0.4 is 10.5 Å². The lowest BCUT2D eigenvalue weighted by molar-refractivity contribution is -0.132. The van der Waals surface area contributed by atoms with Gasteiger partial charge in [0, 0.05) is 19.1 Å². The van der Waals surface area contributed by atoms with Gasteiger partial charge in [-0.2, -0.15) is 0 Å². The molecule has 1 aromatic rings. The van der Waals surface area contributed by atoms with Gasteiger partial charge in [-0.3, -0.25) is 4.79 Å². The summed E-state index contributed by atoms with van der Waals surface area (Å²) < 4.78 is 5.46. The third kappa shape index (κ3) is 4.04. The maximum Gasteiger partial charge on any atom is 0.260 e. The average molecular weight is 250 g/mol. The van der Waals surface area contributed by atoms with Crippen molar-refractivity contribution in [2.24, 2.45) is 5.73 Å². The Morgan fingerprint density at radius 3 is 2.28 bits per heavy atom. The maximum absolute atomic E-state index is 11.7. The molecule has 0 aliphatic rings. The summed E-state index contributed by atoms with van der Waals surface area (Å²) in [6, 6.07) is 7.53. The van der Waals surface area contributed by atoms with Crippen molar-refractivity contribution < 1.29 is 9.53 Å². The van der Waals surface area contributed by atoms with Gasteiger partial charge in [-0.25, -0.2) is 0 Å². The van der Waals surface area contributed by atoms with Crippen LogP contribution in [0, 0.1) is 0 Å². The quantitative estimate of drug-likeness (QED) is 0.839. The third-order valence-electron chi connectivity index (χ3n) is 2.88. The van der Waals surface area contributed by atoms with Crippen LogP contribution in [0.4, 0.5) is 0 Å². The number of amides is 1. The number of rotatable bonds is 6. The summed E-state index contributed by atoms with van der Waals surface area (Å²) in [4.78, 5) is 13.5. The molecule has 0 aliphatic heterocycles. The summed E-state index contributed by atoms with van der Waals surface area (Å²) in [5, 5.41) is 0. The highest BCUT2D eigenvalue weighted by Crippen LogP contribution is 2.16. The van der Waals surface area contributed by atoms with E-state index in [1.54, 1.807) is 4.90 Å². The molecule has 0 aromatic heterocycles. The highest BCUT2D eigenvalue weighted by Gasteiger charge is 2.10. The topological polar surface area (TPSA) is 55.6 Å². The van der Waals surface area contributed by atoms with E-state index in [9.17, 15) is 4.79 Å². The number of likely N-dealkylation sites (N-methyl/N-ethyl adjacent to an activating group) is 1. The first-order valence-corrected chi connectivity index (χ1v) is 6.34. The Kier molecular flexibility index (Phi) is 5.65. The van der Waals surface area contributed by atoms with Gasteiger partial charge in [0.25, 0.3) is 5.91 Å². The average Bonchev–Trinajstić information content (AvgIpc) is 2.38. The lowest BCUT2D eigenvalue weighted by Gasteiger charge is -2.18. The number of ether oxygens (including phenoxy) is 1. The van der Waals surface area contributed by atoms with Gasteiger partial charge in [-0.1, -0.05) is 12.1 Å². The molecule has 100 valence electrons. The van der Waals surface area contributed by atoms with Crippen LogP contribution >= 0.6 is 0 Å². The first-order valence-electron chi connectivity index (χ1n) is 6.34. The minimum Gasteiger partial charge on any atom is -0.484 e. The molecule has 1 amide bonds. The Labute approximate surface area is 109 Å². The molecule has 0 unspecified atom stereocenters. The SMILES string of the molecule is CCN(CC)C(=O)COc1ccc([C@H](C)N)cc1. The zero-order valence-corrected chi connectivity index (χ0v) is 11.3. The normalized spacial score (nSPS) is 12.0. The Hall–Kier alpha value is -1.55. The van der Waals surface area contributed by atoms with Crippen LogP contribution in [0.3, 0.4) is 0 Å². The van der Waals surface area contributed by atoms with Gasteiger partial charge >= 0.3 is 0 Å². The van der Waals surface area contributed by atoms with E-state index in [0.29, 0.717) is 18.8 Å². The number of carbonyl (C=O) groups excluding carboxylic acids is 1. The van der Waals surface area contributed by atoms with E-state index in [-0.39, 0.29) is 18.6 Å². The first-order chi connectivity index (χ1) is 8.58. The molecule has 0 radical (unpaired) electrons. The van der Waals surface area contributed by atoms with E-state index in [1.165, 1.54) is 0 Å². The van der Waals surface area contributed by atoms with E-state index in [1.807, 2.05) is 45.0 Å². The molecule has 0 aliphatic carbocycles. The second-order valence-electron chi connectivity index (χ2n) is 4.21. The lowest BCUT2D eigenvalue weighted by atomic mass is 10.1. The Balaban J connectivity index is 2.51. The van der Waals surface area contributed by atoms with E-state index in [0.717, 1.165) is 5.56 Å². The molecule has 1 rings (SSSR count). The number of nitrogens with zero attached hydrogens (tertiary/aromatic N) is 1. The molecule has 0 bridgehead atoms. The summed E-state index contributed by atoms with van der Waals surface area (Å²) in [5.41, 5.74) is 6.81. The number of benzene rings is 1. The summed E-state index contributed by atoms with van der Waals surface area (Å²) in [6.45, 7) is 7.35. The Morgan fingerprint density at radius 2 is 1.83 bits per heavy atom. The number of nitrogens with two attached hydrogens (primary N) is 1. The highest BCUT2D eigenvalue weighted by atomic mass is 16.5. The number of carbonyl (C=O) groups is 1. The van der Waals surface area contributed by atoms with Crippen molar-refractivity contribution in [2.75, 3.05) is 19.7 Å². The summed E-state index contributed by atoms with van der Waals surface area (Å²) in [5.74, 6) is 0.705. The predicted octanol–water partition coefficient (Wildman–Crippen LogP) is 1.95. The molecule has 4 heteroatoms. The fourth-order valence-electron chi connectivity index (χ4n) is 1.68. The van der Waals surface area contributed by atoms with E-state index in [2.05, 4.69) is 0 Å². The largest absolute Gasteiger partial charge is 0.484 e. The van der Waals surface area contributed by atoms with Gasteiger partial charge in [0.15, 0.2) is 6.61 Å². The van der Waals surface area contributed by atoms with E-state index in [4.69, 9.17) is 10.5 Å². The molecule has 0 saturated heterocycles. The van der Waals surface area contributed by atoms with Gasteiger partial charge in [-0.05, 0) is 38.5 Å². The van der Waals surface area contributed by atoms with Gasteiger partial charge in [0.2, 0.25) is 0 Å². The molecule has 0 fully saturated rings. The first kappa shape index (κ1) is 14.5. The lowest BCUT2D eigenvalue weighted by Crippen LogP contribution is -2.34. The van der Waals surface area contributed by atoms with Crippen molar-refractivity contribution in [3.63, 3.8) is 0 Å². The molecule has 0 heterocycles. The minimum absolute atomic E-state index is 0.0104. The van der Waals surface area contributed by atoms with Crippen LogP contribution in [-0.2, 0) is 4.79 Å². The molecule has 18 heavy (non-hydrogen) atoms. The zero-order valence-electron chi connectivity index (χ0n) is 11.3. The van der Waals surface area contributed by atoms with E-state index >= 15 is 0 Å². The Morgan fingerprint density at radius 1 is 1.28 bits per heavy atom. The summed E-state index contributed by atoms with van der Waals surface area (Å²) in [6.07, 6.45) is 0. The van der Waals surface area contributed by atoms with Gasteiger partial charge in [0.1, 0.15) is 5.75 Å². The monoisotopic (exact) mass is 250 g/mol. The van der Waals surface area contributed by atoms with Crippen LogP contribution in [0.5, 0.6) is 5.75 Å². The van der Waals surface area contributed by atoms with Crippen molar-refractivity contribution in [1.29, 1.82) is 0 Å². The molecular formula is C14H22N2O2. The van der Waals surface area contributed by atoms with E-state index < -0.39 is 0 Å². The van der Waals surface area contributed by atoms with Crippen LogP contribution in [0.25, 0.3) is 0 Å². The smallest absolute Gasteiger partial charge is 0.260 e. The molecule has 1 atom stereocenters. The summed E-state index contributed by atoms with van der Waals surface area (Å²) in [7, 11) is 0. The van der Waals surface area contributed by atoms with Crippen molar-refractivity contribution in [1.82, 2.24) is 4.90 Å². The van der Waals surface area contributed by atoms with Crippen molar-refractivity contribution in [3.05, 3.63) is 29.8 Å². The van der Waals surface area contributed by atoms with Crippen LogP contribution in [0.1, 0.15) is 32.4 Å². The van der Waals surface area contributed by atoms with Gasteiger partial charge < -0.3 is 15.4 Å². The molecular weight excluding hydrogens is 228 g/mol. The molecule has 4 nitrogen and oxygen atoms in total. The van der Waals surface area contributed by atoms with Gasteiger partial charge in [-0.15, -0.1) is 0 Å². The molecule has 1 aromatic carbocycles. The fourth-order valence-corrected chi connectivity index (χ4v) is 1.68.